The summed E-state index contributed by atoms with van der Waals surface area (Å²) in [6, 6.07) is 8.54. The van der Waals surface area contributed by atoms with Gasteiger partial charge in [0.15, 0.2) is 0 Å². The summed E-state index contributed by atoms with van der Waals surface area (Å²) in [6.07, 6.45) is 0.892. The van der Waals surface area contributed by atoms with Gasteiger partial charge in [-0.1, -0.05) is 44.7 Å². The molecular formula is C20H26O2S2. The zero-order valence-electron chi connectivity index (χ0n) is 14.9. The van der Waals surface area contributed by atoms with Gasteiger partial charge in [0.05, 0.1) is 18.1 Å². The quantitative estimate of drug-likeness (QED) is 0.550. The van der Waals surface area contributed by atoms with Gasteiger partial charge < -0.3 is 4.74 Å². The Morgan fingerprint density at radius 3 is 2.38 bits per heavy atom. The van der Waals surface area contributed by atoms with Gasteiger partial charge in [0.25, 0.3) is 0 Å². The van der Waals surface area contributed by atoms with Crippen molar-refractivity contribution in [1.29, 1.82) is 0 Å². The molecule has 0 atom stereocenters. The van der Waals surface area contributed by atoms with Crippen molar-refractivity contribution in [2.45, 2.75) is 38.2 Å². The molecule has 2 rings (SSSR count). The SMILES string of the molecule is COC(=O)CCC#Cc1ccc(C2SCC(C(C)(C)C)CS2)cc1. The zero-order chi connectivity index (χ0) is 17.6. The Bertz CT molecular complexity index is 597. The highest BCUT2D eigenvalue weighted by molar-refractivity contribution is 8.16. The number of carbonyl (C=O) groups excluding carboxylic acids is 1. The van der Waals surface area contributed by atoms with Gasteiger partial charge in [-0.15, -0.1) is 23.5 Å². The van der Waals surface area contributed by atoms with Crippen LogP contribution in [0, 0.1) is 23.2 Å². The van der Waals surface area contributed by atoms with E-state index in [1.807, 2.05) is 0 Å². The minimum absolute atomic E-state index is 0.209. The number of rotatable bonds is 3. The van der Waals surface area contributed by atoms with Gasteiger partial charge in [-0.2, -0.15) is 0 Å². The molecule has 24 heavy (non-hydrogen) atoms. The summed E-state index contributed by atoms with van der Waals surface area (Å²) in [5, 5.41) is 0. The van der Waals surface area contributed by atoms with E-state index in [1.54, 1.807) is 0 Å². The minimum Gasteiger partial charge on any atom is -0.469 e. The molecule has 4 heteroatoms. The van der Waals surface area contributed by atoms with Crippen molar-refractivity contribution >= 4 is 29.5 Å². The van der Waals surface area contributed by atoms with Crippen LogP contribution in [0.1, 0.15) is 49.3 Å². The standard InChI is InChI=1S/C20H26O2S2/c1-20(2,3)17-13-23-19(24-14-17)16-11-9-15(10-12-16)7-5-6-8-18(21)22-4/h9-12,17,19H,6,8,13-14H2,1-4H3. The molecule has 0 bridgehead atoms. The molecule has 1 aromatic rings. The summed E-state index contributed by atoms with van der Waals surface area (Å²) >= 11 is 4.12. The average Bonchev–Trinajstić information content (AvgIpc) is 2.58. The third-order valence-electron chi connectivity index (χ3n) is 4.22. The van der Waals surface area contributed by atoms with Gasteiger partial charge in [0, 0.05) is 12.0 Å². The summed E-state index contributed by atoms with van der Waals surface area (Å²) in [5.74, 6) is 9.17. The van der Waals surface area contributed by atoms with Gasteiger partial charge in [-0.25, -0.2) is 0 Å². The second kappa shape index (κ2) is 8.87. The van der Waals surface area contributed by atoms with Crippen molar-refractivity contribution in [3.05, 3.63) is 35.4 Å². The summed E-state index contributed by atoms with van der Waals surface area (Å²) in [5.41, 5.74) is 2.77. The molecule has 0 radical (unpaired) electrons. The molecular weight excluding hydrogens is 336 g/mol. The molecule has 1 heterocycles. The zero-order valence-corrected chi connectivity index (χ0v) is 16.6. The topological polar surface area (TPSA) is 26.3 Å². The van der Waals surface area contributed by atoms with E-state index >= 15 is 0 Å². The Morgan fingerprint density at radius 1 is 1.21 bits per heavy atom. The van der Waals surface area contributed by atoms with Crippen LogP contribution in [0.3, 0.4) is 0 Å². The van der Waals surface area contributed by atoms with E-state index in [4.69, 9.17) is 0 Å². The third-order valence-corrected chi connectivity index (χ3v) is 7.38. The fourth-order valence-electron chi connectivity index (χ4n) is 2.35. The Balaban J connectivity index is 1.87. The van der Waals surface area contributed by atoms with Gasteiger partial charge in [0.1, 0.15) is 0 Å². The van der Waals surface area contributed by atoms with Crippen molar-refractivity contribution in [1.82, 2.24) is 0 Å². The van der Waals surface area contributed by atoms with E-state index in [-0.39, 0.29) is 5.97 Å². The second-order valence-electron chi connectivity index (χ2n) is 7.06. The molecule has 0 saturated carbocycles. The van der Waals surface area contributed by atoms with Crippen molar-refractivity contribution in [2.24, 2.45) is 11.3 Å². The van der Waals surface area contributed by atoms with Gasteiger partial charge in [0.2, 0.25) is 0 Å². The van der Waals surface area contributed by atoms with Gasteiger partial charge in [-0.05, 0) is 40.5 Å². The van der Waals surface area contributed by atoms with E-state index < -0.39 is 0 Å². The number of methoxy groups -OCH3 is 1. The van der Waals surface area contributed by atoms with Crippen LogP contribution in [0.4, 0.5) is 0 Å². The van der Waals surface area contributed by atoms with E-state index in [9.17, 15) is 4.79 Å². The van der Waals surface area contributed by atoms with E-state index in [0.717, 1.165) is 11.5 Å². The second-order valence-corrected chi connectivity index (χ2v) is 9.64. The van der Waals surface area contributed by atoms with Crippen molar-refractivity contribution < 1.29 is 9.53 Å². The number of esters is 1. The summed E-state index contributed by atoms with van der Waals surface area (Å²) in [4.78, 5) is 11.0. The number of benzene rings is 1. The first-order valence-electron chi connectivity index (χ1n) is 8.29. The van der Waals surface area contributed by atoms with E-state index in [2.05, 4.69) is 85.1 Å². The monoisotopic (exact) mass is 362 g/mol. The highest BCUT2D eigenvalue weighted by Gasteiger charge is 2.31. The van der Waals surface area contributed by atoms with E-state index in [0.29, 0.717) is 22.8 Å². The van der Waals surface area contributed by atoms with E-state index in [1.165, 1.54) is 24.2 Å². The molecule has 0 aliphatic carbocycles. The maximum atomic E-state index is 11.0. The number of ether oxygens (including phenoxy) is 1. The molecule has 130 valence electrons. The maximum absolute atomic E-state index is 11.0. The molecule has 1 aliphatic heterocycles. The summed E-state index contributed by atoms with van der Waals surface area (Å²) in [6.45, 7) is 7.02. The fraction of sp³-hybridized carbons (Fsp3) is 0.550. The first kappa shape index (κ1) is 19.3. The average molecular weight is 363 g/mol. The molecule has 0 unspecified atom stereocenters. The van der Waals surface area contributed by atoms with Gasteiger partial charge in [-0.3, -0.25) is 4.79 Å². The lowest BCUT2D eigenvalue weighted by Crippen LogP contribution is -2.27. The van der Waals surface area contributed by atoms with Gasteiger partial charge >= 0.3 is 5.97 Å². The van der Waals surface area contributed by atoms with Crippen LogP contribution in [0.2, 0.25) is 0 Å². The van der Waals surface area contributed by atoms with Crippen LogP contribution in [0.15, 0.2) is 24.3 Å². The lowest BCUT2D eigenvalue weighted by Gasteiger charge is -2.36. The van der Waals surface area contributed by atoms with Crippen LogP contribution in [0.5, 0.6) is 0 Å². The van der Waals surface area contributed by atoms with Crippen molar-refractivity contribution in [2.75, 3.05) is 18.6 Å². The van der Waals surface area contributed by atoms with Crippen molar-refractivity contribution in [3.8, 4) is 11.8 Å². The molecule has 0 aromatic heterocycles. The maximum Gasteiger partial charge on any atom is 0.306 e. The molecule has 1 fully saturated rings. The molecule has 0 amide bonds. The van der Waals surface area contributed by atoms with Crippen LogP contribution >= 0.6 is 23.5 Å². The first-order valence-corrected chi connectivity index (χ1v) is 10.4. The predicted octanol–water partition coefficient (Wildman–Crippen LogP) is 5.13. The molecule has 2 nitrogen and oxygen atoms in total. The lowest BCUT2D eigenvalue weighted by atomic mass is 9.83. The van der Waals surface area contributed by atoms with Crippen LogP contribution in [-0.2, 0) is 9.53 Å². The normalized spacial score (nSPS) is 20.8. The van der Waals surface area contributed by atoms with Crippen LogP contribution in [0.25, 0.3) is 0 Å². The third kappa shape index (κ3) is 5.79. The predicted molar refractivity (Wildman–Crippen MR) is 105 cm³/mol. The molecule has 1 aromatic carbocycles. The molecule has 1 saturated heterocycles. The number of carbonyl (C=O) groups is 1. The van der Waals surface area contributed by atoms with Crippen LogP contribution in [-0.4, -0.2) is 24.6 Å². The highest BCUT2D eigenvalue weighted by atomic mass is 32.2. The van der Waals surface area contributed by atoms with Crippen molar-refractivity contribution in [3.63, 3.8) is 0 Å². The smallest absolute Gasteiger partial charge is 0.306 e. The Kier molecular flexibility index (Phi) is 7.13. The summed E-state index contributed by atoms with van der Waals surface area (Å²) in [7, 11) is 1.40. The summed E-state index contributed by atoms with van der Waals surface area (Å²) < 4.78 is 5.13. The Labute approximate surface area is 154 Å². The number of hydrogen-bond acceptors (Lipinski definition) is 4. The van der Waals surface area contributed by atoms with Crippen LogP contribution < -0.4 is 0 Å². The highest BCUT2D eigenvalue weighted by Crippen LogP contribution is 2.49. The largest absolute Gasteiger partial charge is 0.469 e. The minimum atomic E-state index is -0.209. The Hall–Kier alpha value is -1.05. The number of hydrogen-bond donors (Lipinski definition) is 0. The molecule has 1 aliphatic rings. The molecule has 0 N–H and O–H groups in total. The molecule has 0 spiro atoms. The Morgan fingerprint density at radius 2 is 1.83 bits per heavy atom. The lowest BCUT2D eigenvalue weighted by molar-refractivity contribution is -0.140. The first-order chi connectivity index (χ1) is 11.4. The number of thioether (sulfide) groups is 2. The fourth-order valence-corrected chi connectivity index (χ4v) is 6.11.